The van der Waals surface area contributed by atoms with E-state index in [2.05, 4.69) is 4.90 Å². The van der Waals surface area contributed by atoms with Crippen molar-refractivity contribution in [2.45, 2.75) is 37.5 Å². The summed E-state index contributed by atoms with van der Waals surface area (Å²) >= 11 is 0. The lowest BCUT2D eigenvalue weighted by Gasteiger charge is -2.35. The molecule has 1 aliphatic heterocycles. The number of alkyl halides is 3. The van der Waals surface area contributed by atoms with Crippen LogP contribution in [0.5, 0.6) is 0 Å². The van der Waals surface area contributed by atoms with Gasteiger partial charge in [0.2, 0.25) is 0 Å². The minimum atomic E-state index is -4.57. The second-order valence-corrected chi connectivity index (χ2v) is 6.01. The first-order valence-electron chi connectivity index (χ1n) is 7.22. The Kier molecular flexibility index (Phi) is 3.69. The summed E-state index contributed by atoms with van der Waals surface area (Å²) in [6.45, 7) is 0.902. The Balaban J connectivity index is 1.97. The molecule has 2 N–H and O–H groups in total. The molecule has 21 heavy (non-hydrogen) atoms. The monoisotopic (exact) mass is 302 g/mol. The Morgan fingerprint density at radius 2 is 2.05 bits per heavy atom. The van der Waals surface area contributed by atoms with Crippen LogP contribution in [0.2, 0.25) is 0 Å². The van der Waals surface area contributed by atoms with E-state index in [-0.39, 0.29) is 12.1 Å². The molecule has 1 saturated heterocycles. The number of piperidine rings is 1. The van der Waals surface area contributed by atoms with Gasteiger partial charge in [-0.2, -0.15) is 13.2 Å². The molecular formula is C15H18F4N2. The summed E-state index contributed by atoms with van der Waals surface area (Å²) in [5, 5.41) is 0. The first-order valence-corrected chi connectivity index (χ1v) is 7.22. The van der Waals surface area contributed by atoms with Crippen LogP contribution in [0.25, 0.3) is 0 Å². The number of benzene rings is 1. The van der Waals surface area contributed by atoms with Crippen LogP contribution in [0.1, 0.15) is 36.4 Å². The molecule has 2 aliphatic rings. The van der Waals surface area contributed by atoms with E-state index in [1.807, 2.05) is 0 Å². The largest absolute Gasteiger partial charge is 0.416 e. The van der Waals surface area contributed by atoms with E-state index in [1.165, 1.54) is 6.07 Å². The fourth-order valence-corrected chi connectivity index (χ4v) is 3.85. The maximum atomic E-state index is 13.2. The molecule has 3 atom stereocenters. The van der Waals surface area contributed by atoms with Gasteiger partial charge < -0.3 is 5.73 Å². The lowest BCUT2D eigenvalue weighted by atomic mass is 9.96. The average molecular weight is 302 g/mol. The quantitative estimate of drug-likeness (QED) is 0.868. The van der Waals surface area contributed by atoms with Crippen LogP contribution >= 0.6 is 0 Å². The zero-order valence-electron chi connectivity index (χ0n) is 11.5. The highest BCUT2D eigenvalue weighted by Gasteiger charge is 2.43. The number of hydrogen-bond acceptors (Lipinski definition) is 2. The van der Waals surface area contributed by atoms with E-state index < -0.39 is 23.6 Å². The van der Waals surface area contributed by atoms with Gasteiger partial charge in [0.1, 0.15) is 5.82 Å². The fourth-order valence-electron chi connectivity index (χ4n) is 3.85. The number of nitrogens with two attached hydrogens (primary N) is 1. The molecule has 1 aromatic carbocycles. The van der Waals surface area contributed by atoms with Gasteiger partial charge in [0.05, 0.1) is 5.56 Å². The number of hydrogen-bond donors (Lipinski definition) is 1. The molecule has 1 aliphatic carbocycles. The van der Waals surface area contributed by atoms with Gasteiger partial charge >= 0.3 is 6.18 Å². The maximum Gasteiger partial charge on any atom is 0.416 e. The lowest BCUT2D eigenvalue weighted by molar-refractivity contribution is -0.139. The summed E-state index contributed by atoms with van der Waals surface area (Å²) in [6, 6.07) is 2.72. The third-order valence-electron chi connectivity index (χ3n) is 4.75. The molecule has 116 valence electrons. The van der Waals surface area contributed by atoms with Gasteiger partial charge in [0, 0.05) is 25.2 Å². The Hall–Kier alpha value is -1.14. The van der Waals surface area contributed by atoms with E-state index in [0.29, 0.717) is 18.0 Å². The zero-order valence-corrected chi connectivity index (χ0v) is 11.5. The van der Waals surface area contributed by atoms with Crippen molar-refractivity contribution in [2.75, 3.05) is 13.1 Å². The molecule has 2 fully saturated rings. The lowest BCUT2D eigenvalue weighted by Crippen LogP contribution is -2.40. The highest BCUT2D eigenvalue weighted by Crippen LogP contribution is 2.44. The van der Waals surface area contributed by atoms with Gasteiger partial charge in [-0.25, -0.2) is 4.39 Å². The normalized spacial score (nSPS) is 27.3. The molecule has 0 aromatic heterocycles. The van der Waals surface area contributed by atoms with Crippen LogP contribution in [0.4, 0.5) is 17.6 Å². The molecule has 3 unspecified atom stereocenters. The standard InChI is InChI=1S/C15H18F4N2/c16-10-2-4-12(13(6-10)15(17,18)19)14(7-20)21-8-9-1-3-11(21)5-9/h2,4,6,9,11,14H,1,3,5,7-8,20H2. The first-order chi connectivity index (χ1) is 9.90. The molecule has 1 aromatic rings. The Morgan fingerprint density at radius 1 is 1.29 bits per heavy atom. The molecular weight excluding hydrogens is 284 g/mol. The number of likely N-dealkylation sites (tertiary alicyclic amines) is 1. The molecule has 0 radical (unpaired) electrons. The summed E-state index contributed by atoms with van der Waals surface area (Å²) in [5.74, 6) is -0.302. The van der Waals surface area contributed by atoms with E-state index in [0.717, 1.165) is 31.9 Å². The van der Waals surface area contributed by atoms with E-state index in [1.54, 1.807) is 0 Å². The Bertz CT molecular complexity index is 529. The summed E-state index contributed by atoms with van der Waals surface area (Å²) in [7, 11) is 0. The number of fused-ring (bicyclic) bond motifs is 2. The van der Waals surface area contributed by atoms with Gasteiger partial charge in [-0.1, -0.05) is 6.07 Å². The van der Waals surface area contributed by atoms with Crippen molar-refractivity contribution in [1.29, 1.82) is 0 Å². The highest BCUT2D eigenvalue weighted by atomic mass is 19.4. The minimum absolute atomic E-state index is 0.0963. The van der Waals surface area contributed by atoms with Crippen LogP contribution in [0, 0.1) is 11.7 Å². The predicted octanol–water partition coefficient (Wildman–Crippen LogP) is 3.33. The van der Waals surface area contributed by atoms with Gasteiger partial charge in [0.15, 0.2) is 0 Å². The van der Waals surface area contributed by atoms with Crippen molar-refractivity contribution in [1.82, 2.24) is 4.90 Å². The van der Waals surface area contributed by atoms with Crippen LogP contribution in [0.3, 0.4) is 0 Å². The van der Waals surface area contributed by atoms with E-state index >= 15 is 0 Å². The summed E-state index contributed by atoms with van der Waals surface area (Å²) in [4.78, 5) is 2.08. The Morgan fingerprint density at radius 3 is 2.57 bits per heavy atom. The SMILES string of the molecule is NCC(c1ccc(F)cc1C(F)(F)F)N1CC2CCC1C2. The van der Waals surface area contributed by atoms with Crippen LogP contribution < -0.4 is 5.73 Å². The van der Waals surface area contributed by atoms with Crippen LogP contribution in [-0.2, 0) is 6.18 Å². The summed E-state index contributed by atoms with van der Waals surface area (Å²) in [6.07, 6.45) is -1.36. The fraction of sp³-hybridized carbons (Fsp3) is 0.600. The Labute approximate surface area is 120 Å². The van der Waals surface area contributed by atoms with Gasteiger partial charge in [-0.3, -0.25) is 4.90 Å². The van der Waals surface area contributed by atoms with Gasteiger partial charge in [-0.15, -0.1) is 0 Å². The third kappa shape index (κ3) is 2.66. The molecule has 0 spiro atoms. The van der Waals surface area contributed by atoms with E-state index in [9.17, 15) is 17.6 Å². The van der Waals surface area contributed by atoms with Crippen LogP contribution in [-0.4, -0.2) is 24.0 Å². The van der Waals surface area contributed by atoms with Crippen LogP contribution in [0.15, 0.2) is 18.2 Å². The van der Waals surface area contributed by atoms with Crippen molar-refractivity contribution in [2.24, 2.45) is 11.7 Å². The second-order valence-electron chi connectivity index (χ2n) is 6.01. The molecule has 2 bridgehead atoms. The number of nitrogens with zero attached hydrogens (tertiary/aromatic N) is 1. The molecule has 1 heterocycles. The van der Waals surface area contributed by atoms with Crippen molar-refractivity contribution in [3.05, 3.63) is 35.1 Å². The highest BCUT2D eigenvalue weighted by molar-refractivity contribution is 5.34. The predicted molar refractivity (Wildman–Crippen MR) is 71.0 cm³/mol. The van der Waals surface area contributed by atoms with Crippen molar-refractivity contribution in [3.8, 4) is 0 Å². The summed E-state index contributed by atoms with van der Waals surface area (Å²) in [5.41, 5.74) is 4.96. The first kappa shape index (κ1) is 14.8. The zero-order chi connectivity index (χ0) is 15.2. The molecule has 1 saturated carbocycles. The third-order valence-corrected chi connectivity index (χ3v) is 4.75. The van der Waals surface area contributed by atoms with Crippen molar-refractivity contribution < 1.29 is 17.6 Å². The topological polar surface area (TPSA) is 29.3 Å². The molecule has 2 nitrogen and oxygen atoms in total. The van der Waals surface area contributed by atoms with Gasteiger partial charge in [0.25, 0.3) is 0 Å². The van der Waals surface area contributed by atoms with Gasteiger partial charge in [-0.05, 0) is 42.9 Å². The minimum Gasteiger partial charge on any atom is -0.329 e. The molecule has 6 heteroatoms. The molecule has 3 rings (SSSR count). The maximum absolute atomic E-state index is 13.2. The number of rotatable bonds is 3. The van der Waals surface area contributed by atoms with E-state index in [4.69, 9.17) is 5.73 Å². The smallest absolute Gasteiger partial charge is 0.329 e. The number of halogens is 4. The summed E-state index contributed by atoms with van der Waals surface area (Å²) < 4.78 is 52.7. The molecule has 0 amide bonds. The van der Waals surface area contributed by atoms with Crippen molar-refractivity contribution >= 4 is 0 Å². The van der Waals surface area contributed by atoms with Crippen molar-refractivity contribution in [3.63, 3.8) is 0 Å². The second kappa shape index (κ2) is 5.25. The average Bonchev–Trinajstić information content (AvgIpc) is 3.02.